The molecule has 0 fully saturated rings. The Morgan fingerprint density at radius 2 is 1.81 bits per heavy atom. The second kappa shape index (κ2) is 8.73. The molecule has 1 aromatic heterocycles. The molecule has 1 N–H and O–H groups in total. The number of fused-ring (bicyclic) bond motifs is 1. The second-order valence-corrected chi connectivity index (χ2v) is 6.62. The predicted octanol–water partition coefficient (Wildman–Crippen LogP) is 5.14. The number of pyridine rings is 1. The molecule has 0 atom stereocenters. The van der Waals surface area contributed by atoms with Crippen LogP contribution >= 0.6 is 0 Å². The van der Waals surface area contributed by atoms with E-state index in [0.717, 1.165) is 28.0 Å². The number of anilines is 2. The van der Waals surface area contributed by atoms with Gasteiger partial charge in [0.15, 0.2) is 0 Å². The Hall–Kier alpha value is -2.79. The summed E-state index contributed by atoms with van der Waals surface area (Å²) in [5.41, 5.74) is 4.12. The monoisotopic (exact) mass is 366 g/mol. The molecule has 0 radical (unpaired) electrons. The third-order valence-corrected chi connectivity index (χ3v) is 4.43. The molecular weight excluding hydrogens is 340 g/mol. The minimum absolute atomic E-state index is 0.471. The van der Waals surface area contributed by atoms with Crippen LogP contribution in [-0.2, 0) is 4.74 Å². The van der Waals surface area contributed by atoms with E-state index in [-0.39, 0.29) is 0 Å². The van der Waals surface area contributed by atoms with Crippen molar-refractivity contribution in [2.24, 2.45) is 0 Å². The first-order valence-electron chi connectivity index (χ1n) is 9.08. The first kappa shape index (κ1) is 19.0. The van der Waals surface area contributed by atoms with Crippen molar-refractivity contribution in [3.8, 4) is 11.5 Å². The third-order valence-electron chi connectivity index (χ3n) is 4.43. The van der Waals surface area contributed by atoms with Gasteiger partial charge in [0.05, 0.1) is 24.9 Å². The molecule has 5 nitrogen and oxygen atoms in total. The normalized spacial score (nSPS) is 11.0. The molecule has 0 unspecified atom stereocenters. The maximum absolute atomic E-state index is 5.66. The van der Waals surface area contributed by atoms with Gasteiger partial charge in [-0.3, -0.25) is 4.98 Å². The SMILES string of the molecule is COCCOc1ccc(Nc2ccnc3cc(C(C)C)ccc23)c(OC)c1. The van der Waals surface area contributed by atoms with E-state index in [0.29, 0.717) is 24.9 Å². The number of nitrogens with one attached hydrogen (secondary N) is 1. The number of ether oxygens (including phenoxy) is 3. The lowest BCUT2D eigenvalue weighted by Gasteiger charge is -2.15. The third kappa shape index (κ3) is 4.49. The highest BCUT2D eigenvalue weighted by atomic mass is 16.5. The first-order valence-corrected chi connectivity index (χ1v) is 9.08. The lowest BCUT2D eigenvalue weighted by molar-refractivity contribution is 0.146. The molecule has 1 heterocycles. The molecule has 0 aliphatic heterocycles. The van der Waals surface area contributed by atoms with Crippen LogP contribution in [0.3, 0.4) is 0 Å². The summed E-state index contributed by atoms with van der Waals surface area (Å²) in [6.45, 7) is 5.41. The van der Waals surface area contributed by atoms with Crippen molar-refractivity contribution in [2.45, 2.75) is 19.8 Å². The molecule has 0 amide bonds. The maximum Gasteiger partial charge on any atom is 0.145 e. The van der Waals surface area contributed by atoms with Crippen molar-refractivity contribution in [1.29, 1.82) is 0 Å². The Morgan fingerprint density at radius 1 is 0.963 bits per heavy atom. The van der Waals surface area contributed by atoms with Gasteiger partial charge in [0, 0.05) is 30.4 Å². The van der Waals surface area contributed by atoms with Crippen molar-refractivity contribution in [3.63, 3.8) is 0 Å². The fourth-order valence-corrected chi connectivity index (χ4v) is 2.89. The first-order chi connectivity index (χ1) is 13.1. The van der Waals surface area contributed by atoms with E-state index in [2.05, 4.69) is 42.3 Å². The van der Waals surface area contributed by atoms with Crippen molar-refractivity contribution >= 4 is 22.3 Å². The Kier molecular flexibility index (Phi) is 6.14. The average molecular weight is 366 g/mol. The van der Waals surface area contributed by atoms with Crippen molar-refractivity contribution in [3.05, 3.63) is 54.2 Å². The minimum atomic E-state index is 0.471. The molecule has 0 saturated heterocycles. The van der Waals surface area contributed by atoms with E-state index in [9.17, 15) is 0 Å². The summed E-state index contributed by atoms with van der Waals surface area (Å²) in [4.78, 5) is 4.52. The van der Waals surface area contributed by atoms with E-state index >= 15 is 0 Å². The van der Waals surface area contributed by atoms with Crippen LogP contribution in [0.4, 0.5) is 11.4 Å². The number of hydrogen-bond acceptors (Lipinski definition) is 5. The summed E-state index contributed by atoms with van der Waals surface area (Å²) in [6.07, 6.45) is 1.82. The molecular formula is C22H26N2O3. The van der Waals surface area contributed by atoms with Crippen LogP contribution in [0.1, 0.15) is 25.3 Å². The van der Waals surface area contributed by atoms with Gasteiger partial charge in [-0.05, 0) is 35.7 Å². The van der Waals surface area contributed by atoms with Crippen LogP contribution in [0.5, 0.6) is 11.5 Å². The molecule has 5 heteroatoms. The highest BCUT2D eigenvalue weighted by molar-refractivity contribution is 5.93. The molecule has 0 aliphatic carbocycles. The Balaban J connectivity index is 1.88. The van der Waals surface area contributed by atoms with Crippen LogP contribution in [0, 0.1) is 0 Å². The number of nitrogens with zero attached hydrogens (tertiary/aromatic N) is 1. The molecule has 0 saturated carbocycles. The Bertz CT molecular complexity index is 909. The van der Waals surface area contributed by atoms with Gasteiger partial charge < -0.3 is 19.5 Å². The van der Waals surface area contributed by atoms with Crippen LogP contribution in [0.25, 0.3) is 10.9 Å². The molecule has 2 aromatic carbocycles. The molecule has 142 valence electrons. The average Bonchev–Trinajstić information content (AvgIpc) is 2.69. The predicted molar refractivity (Wildman–Crippen MR) is 109 cm³/mol. The number of hydrogen-bond donors (Lipinski definition) is 1. The van der Waals surface area contributed by atoms with E-state index in [1.54, 1.807) is 14.2 Å². The summed E-state index contributed by atoms with van der Waals surface area (Å²) in [5, 5.41) is 4.54. The molecule has 3 aromatic rings. The second-order valence-electron chi connectivity index (χ2n) is 6.62. The van der Waals surface area contributed by atoms with Gasteiger partial charge in [-0.25, -0.2) is 0 Å². The van der Waals surface area contributed by atoms with Crippen molar-refractivity contribution in [2.75, 3.05) is 32.8 Å². The summed E-state index contributed by atoms with van der Waals surface area (Å²) in [7, 11) is 3.30. The van der Waals surface area contributed by atoms with E-state index in [1.807, 2.05) is 30.5 Å². The van der Waals surface area contributed by atoms with Gasteiger partial charge >= 0.3 is 0 Å². The number of methoxy groups -OCH3 is 2. The highest BCUT2D eigenvalue weighted by Gasteiger charge is 2.09. The van der Waals surface area contributed by atoms with Gasteiger partial charge in [-0.2, -0.15) is 0 Å². The number of aromatic nitrogens is 1. The van der Waals surface area contributed by atoms with Crippen LogP contribution in [0.15, 0.2) is 48.7 Å². The van der Waals surface area contributed by atoms with Crippen molar-refractivity contribution in [1.82, 2.24) is 4.98 Å². The Morgan fingerprint density at radius 3 is 2.56 bits per heavy atom. The van der Waals surface area contributed by atoms with E-state index < -0.39 is 0 Å². The highest BCUT2D eigenvalue weighted by Crippen LogP contribution is 2.34. The fraction of sp³-hybridized carbons (Fsp3) is 0.318. The minimum Gasteiger partial charge on any atom is -0.494 e. The molecule has 0 spiro atoms. The molecule has 0 aliphatic rings. The standard InChI is InChI=1S/C22H26N2O3/c1-15(2)16-5-7-18-19(9-10-23-21(18)13-16)24-20-8-6-17(14-22(20)26-4)27-12-11-25-3/h5-10,13-15H,11-12H2,1-4H3,(H,23,24). The zero-order valence-corrected chi connectivity index (χ0v) is 16.3. The summed E-state index contributed by atoms with van der Waals surface area (Å²) in [5.74, 6) is 1.93. The maximum atomic E-state index is 5.66. The largest absolute Gasteiger partial charge is 0.494 e. The van der Waals surface area contributed by atoms with E-state index in [1.165, 1.54) is 5.56 Å². The van der Waals surface area contributed by atoms with Gasteiger partial charge in [-0.15, -0.1) is 0 Å². The summed E-state index contributed by atoms with van der Waals surface area (Å²) in [6, 6.07) is 14.1. The number of rotatable bonds is 8. The molecule has 27 heavy (non-hydrogen) atoms. The summed E-state index contributed by atoms with van der Waals surface area (Å²) < 4.78 is 16.2. The van der Waals surface area contributed by atoms with Gasteiger partial charge in [0.1, 0.15) is 18.1 Å². The van der Waals surface area contributed by atoms with Crippen LogP contribution < -0.4 is 14.8 Å². The van der Waals surface area contributed by atoms with E-state index in [4.69, 9.17) is 14.2 Å². The lowest BCUT2D eigenvalue weighted by atomic mass is 10.0. The van der Waals surface area contributed by atoms with Crippen LogP contribution in [0.2, 0.25) is 0 Å². The smallest absolute Gasteiger partial charge is 0.145 e. The zero-order valence-electron chi connectivity index (χ0n) is 16.3. The van der Waals surface area contributed by atoms with Crippen LogP contribution in [-0.4, -0.2) is 32.4 Å². The topological polar surface area (TPSA) is 52.6 Å². The lowest BCUT2D eigenvalue weighted by Crippen LogP contribution is -2.04. The van der Waals surface area contributed by atoms with Gasteiger partial charge in [0.2, 0.25) is 0 Å². The van der Waals surface area contributed by atoms with Gasteiger partial charge in [-0.1, -0.05) is 26.0 Å². The fourth-order valence-electron chi connectivity index (χ4n) is 2.89. The molecule has 0 bridgehead atoms. The quantitative estimate of drug-likeness (QED) is 0.560. The summed E-state index contributed by atoms with van der Waals surface area (Å²) >= 11 is 0. The van der Waals surface area contributed by atoms with Crippen molar-refractivity contribution < 1.29 is 14.2 Å². The molecule has 3 rings (SSSR count). The zero-order chi connectivity index (χ0) is 19.2. The Labute approximate surface area is 160 Å². The number of benzene rings is 2. The van der Waals surface area contributed by atoms with Gasteiger partial charge in [0.25, 0.3) is 0 Å².